The minimum atomic E-state index is -0.0208. The number of aromatic nitrogens is 2. The van der Waals surface area contributed by atoms with E-state index in [1.807, 2.05) is 20.8 Å². The van der Waals surface area contributed by atoms with Gasteiger partial charge in [-0.3, -0.25) is 9.89 Å². The molecule has 1 aromatic heterocycles. The Morgan fingerprint density at radius 1 is 1.29 bits per heavy atom. The number of carbonyl (C=O) groups is 1. The number of anilines is 1. The van der Waals surface area contributed by atoms with E-state index >= 15 is 0 Å². The second-order valence-corrected chi connectivity index (χ2v) is 6.88. The van der Waals surface area contributed by atoms with E-state index in [0.717, 1.165) is 26.4 Å². The molecule has 21 heavy (non-hydrogen) atoms. The molecule has 0 fully saturated rings. The van der Waals surface area contributed by atoms with Crippen molar-refractivity contribution in [2.75, 3.05) is 11.1 Å². The van der Waals surface area contributed by atoms with Crippen LogP contribution in [0.1, 0.15) is 22.5 Å². The standard InChI is InChI=1S/C15H18BrN3OS/c1-8-6-13(9(2)5-12(8)16)21-7-14(20)17-15-10(3)18-19-11(15)4/h5-6H,7H2,1-4H3,(H,17,20)(H,18,19). The van der Waals surface area contributed by atoms with Crippen LogP contribution in [0.4, 0.5) is 5.69 Å². The summed E-state index contributed by atoms with van der Waals surface area (Å²) in [6.45, 7) is 7.86. The minimum Gasteiger partial charge on any atom is -0.322 e. The van der Waals surface area contributed by atoms with Gasteiger partial charge < -0.3 is 5.32 Å². The molecule has 2 N–H and O–H groups in total. The molecule has 0 unspecified atom stereocenters. The van der Waals surface area contributed by atoms with Crippen molar-refractivity contribution in [3.63, 3.8) is 0 Å². The lowest BCUT2D eigenvalue weighted by Gasteiger charge is -2.09. The van der Waals surface area contributed by atoms with Crippen molar-refractivity contribution in [1.82, 2.24) is 10.2 Å². The smallest absolute Gasteiger partial charge is 0.234 e. The zero-order valence-electron chi connectivity index (χ0n) is 12.5. The molecule has 2 rings (SSSR count). The highest BCUT2D eigenvalue weighted by Gasteiger charge is 2.11. The van der Waals surface area contributed by atoms with Gasteiger partial charge in [-0.2, -0.15) is 5.10 Å². The van der Waals surface area contributed by atoms with Crippen molar-refractivity contribution in [1.29, 1.82) is 0 Å². The molecule has 6 heteroatoms. The van der Waals surface area contributed by atoms with Crippen LogP contribution in [0.15, 0.2) is 21.5 Å². The van der Waals surface area contributed by atoms with Crippen LogP contribution >= 0.6 is 27.7 Å². The predicted octanol–water partition coefficient (Wildman–Crippen LogP) is 4.14. The summed E-state index contributed by atoms with van der Waals surface area (Å²) >= 11 is 5.07. The summed E-state index contributed by atoms with van der Waals surface area (Å²) in [5.41, 5.74) is 4.80. The van der Waals surface area contributed by atoms with Crippen LogP contribution in [-0.2, 0) is 4.79 Å². The van der Waals surface area contributed by atoms with Gasteiger partial charge in [-0.25, -0.2) is 0 Å². The SMILES string of the molecule is Cc1cc(SCC(=O)Nc2c(C)n[nH]c2C)c(C)cc1Br. The Morgan fingerprint density at radius 3 is 2.62 bits per heavy atom. The second kappa shape index (κ2) is 6.66. The fraction of sp³-hybridized carbons (Fsp3) is 0.333. The fourth-order valence-electron chi connectivity index (χ4n) is 1.96. The number of nitrogens with one attached hydrogen (secondary N) is 2. The summed E-state index contributed by atoms with van der Waals surface area (Å²) in [4.78, 5) is 13.2. The maximum absolute atomic E-state index is 12.1. The molecule has 0 spiro atoms. The summed E-state index contributed by atoms with van der Waals surface area (Å²) < 4.78 is 1.10. The van der Waals surface area contributed by atoms with Crippen molar-refractivity contribution in [3.05, 3.63) is 39.1 Å². The molecule has 0 radical (unpaired) electrons. The summed E-state index contributed by atoms with van der Waals surface area (Å²) in [5.74, 6) is 0.360. The van der Waals surface area contributed by atoms with Crippen molar-refractivity contribution in [2.45, 2.75) is 32.6 Å². The molecule has 0 aliphatic rings. The van der Waals surface area contributed by atoms with Gasteiger partial charge in [0.05, 0.1) is 22.8 Å². The van der Waals surface area contributed by atoms with Gasteiger partial charge in [0.2, 0.25) is 5.91 Å². The maximum atomic E-state index is 12.1. The van der Waals surface area contributed by atoms with E-state index in [-0.39, 0.29) is 5.91 Å². The Morgan fingerprint density at radius 2 is 2.00 bits per heavy atom. The number of aryl methyl sites for hydroxylation is 4. The lowest BCUT2D eigenvalue weighted by Crippen LogP contribution is -2.15. The van der Waals surface area contributed by atoms with E-state index in [4.69, 9.17) is 0 Å². The van der Waals surface area contributed by atoms with Crippen LogP contribution in [0.2, 0.25) is 0 Å². The van der Waals surface area contributed by atoms with E-state index in [1.54, 1.807) is 11.8 Å². The number of H-pyrrole nitrogens is 1. The summed E-state index contributed by atoms with van der Waals surface area (Å²) in [7, 11) is 0. The Kier molecular flexibility index (Phi) is 5.11. The number of hydrogen-bond donors (Lipinski definition) is 2. The lowest BCUT2D eigenvalue weighted by molar-refractivity contribution is -0.113. The number of amides is 1. The number of carbonyl (C=O) groups excluding carboxylic acids is 1. The van der Waals surface area contributed by atoms with E-state index in [9.17, 15) is 4.79 Å². The first-order valence-corrected chi connectivity index (χ1v) is 8.37. The lowest BCUT2D eigenvalue weighted by atomic mass is 10.2. The molecule has 2 aromatic rings. The molecule has 0 aliphatic carbocycles. The van der Waals surface area contributed by atoms with Gasteiger partial charge in [0.1, 0.15) is 0 Å². The van der Waals surface area contributed by atoms with Crippen LogP contribution < -0.4 is 5.32 Å². The molecule has 1 aromatic carbocycles. The first-order valence-electron chi connectivity index (χ1n) is 6.59. The molecular weight excluding hydrogens is 350 g/mol. The van der Waals surface area contributed by atoms with E-state index in [1.165, 1.54) is 11.1 Å². The van der Waals surface area contributed by atoms with Gasteiger partial charge in [-0.1, -0.05) is 15.9 Å². The van der Waals surface area contributed by atoms with E-state index in [2.05, 4.69) is 50.5 Å². The number of nitrogens with zero attached hydrogens (tertiary/aromatic N) is 1. The number of benzene rings is 1. The van der Waals surface area contributed by atoms with Crippen LogP contribution in [0.25, 0.3) is 0 Å². The predicted molar refractivity (Wildman–Crippen MR) is 91.0 cm³/mol. The topological polar surface area (TPSA) is 57.8 Å². The summed E-state index contributed by atoms with van der Waals surface area (Å²) in [6, 6.07) is 4.19. The Hall–Kier alpha value is -1.27. The van der Waals surface area contributed by atoms with Crippen molar-refractivity contribution >= 4 is 39.3 Å². The Balaban J connectivity index is 2.00. The van der Waals surface area contributed by atoms with Crippen molar-refractivity contribution in [3.8, 4) is 0 Å². The van der Waals surface area contributed by atoms with Crippen LogP contribution in [0.3, 0.4) is 0 Å². The van der Waals surface area contributed by atoms with Crippen molar-refractivity contribution < 1.29 is 4.79 Å². The minimum absolute atomic E-state index is 0.0208. The van der Waals surface area contributed by atoms with Crippen LogP contribution in [0, 0.1) is 27.7 Å². The molecular formula is C15H18BrN3OS. The van der Waals surface area contributed by atoms with Crippen molar-refractivity contribution in [2.24, 2.45) is 0 Å². The normalized spacial score (nSPS) is 10.7. The third-order valence-corrected chi connectivity index (χ3v) is 5.22. The maximum Gasteiger partial charge on any atom is 0.234 e. The molecule has 0 aliphatic heterocycles. The zero-order chi connectivity index (χ0) is 15.6. The summed E-state index contributed by atoms with van der Waals surface area (Å²) in [5, 5.41) is 9.84. The highest BCUT2D eigenvalue weighted by Crippen LogP contribution is 2.28. The second-order valence-electron chi connectivity index (χ2n) is 5.01. The fourth-order valence-corrected chi connectivity index (χ4v) is 3.33. The van der Waals surface area contributed by atoms with Gasteiger partial charge in [-0.15, -0.1) is 11.8 Å². The molecule has 0 saturated carbocycles. The van der Waals surface area contributed by atoms with Gasteiger partial charge in [0.15, 0.2) is 0 Å². The number of halogens is 1. The molecule has 4 nitrogen and oxygen atoms in total. The molecule has 0 atom stereocenters. The quantitative estimate of drug-likeness (QED) is 0.798. The largest absolute Gasteiger partial charge is 0.322 e. The Labute approximate surface area is 137 Å². The Bertz CT molecular complexity index is 662. The van der Waals surface area contributed by atoms with E-state index in [0.29, 0.717) is 5.75 Å². The number of hydrogen-bond acceptors (Lipinski definition) is 3. The summed E-state index contributed by atoms with van der Waals surface area (Å²) in [6.07, 6.45) is 0. The molecule has 112 valence electrons. The van der Waals surface area contributed by atoms with E-state index < -0.39 is 0 Å². The zero-order valence-corrected chi connectivity index (χ0v) is 14.9. The average Bonchev–Trinajstić information content (AvgIpc) is 2.73. The van der Waals surface area contributed by atoms with Gasteiger partial charge in [0, 0.05) is 9.37 Å². The number of aromatic amines is 1. The van der Waals surface area contributed by atoms with Crippen LogP contribution in [-0.4, -0.2) is 21.9 Å². The first kappa shape index (κ1) is 16.1. The van der Waals surface area contributed by atoms with Crippen LogP contribution in [0.5, 0.6) is 0 Å². The van der Waals surface area contributed by atoms with Gasteiger partial charge in [0.25, 0.3) is 0 Å². The third-order valence-electron chi connectivity index (χ3n) is 3.21. The molecule has 1 amide bonds. The molecule has 0 saturated heterocycles. The molecule has 1 heterocycles. The average molecular weight is 368 g/mol. The highest BCUT2D eigenvalue weighted by molar-refractivity contribution is 9.10. The first-order chi connectivity index (χ1) is 9.88. The third kappa shape index (κ3) is 3.89. The number of rotatable bonds is 4. The molecule has 0 bridgehead atoms. The van der Waals surface area contributed by atoms with Gasteiger partial charge in [-0.05, 0) is 51.0 Å². The monoisotopic (exact) mass is 367 g/mol. The van der Waals surface area contributed by atoms with Gasteiger partial charge >= 0.3 is 0 Å². The highest BCUT2D eigenvalue weighted by atomic mass is 79.9. The number of thioether (sulfide) groups is 1.